The van der Waals surface area contributed by atoms with E-state index in [2.05, 4.69) is 5.32 Å². The SMILES string of the molecule is O=C(Nc1cc(Cl)ccc1Oc1ccc(Cl)cc1)c1ccco1. The zero-order chi connectivity index (χ0) is 16.2. The Bertz CT molecular complexity index is 814. The molecule has 3 aromatic rings. The molecular weight excluding hydrogens is 337 g/mol. The molecule has 2 aromatic carbocycles. The first-order chi connectivity index (χ1) is 11.1. The minimum atomic E-state index is -0.391. The van der Waals surface area contributed by atoms with Crippen molar-refractivity contribution in [1.82, 2.24) is 0 Å². The summed E-state index contributed by atoms with van der Waals surface area (Å²) in [5, 5.41) is 3.80. The molecule has 0 unspecified atom stereocenters. The van der Waals surface area contributed by atoms with Crippen LogP contribution in [0.5, 0.6) is 11.5 Å². The summed E-state index contributed by atoms with van der Waals surface area (Å²) >= 11 is 11.9. The van der Waals surface area contributed by atoms with Crippen LogP contribution in [-0.4, -0.2) is 5.91 Å². The number of rotatable bonds is 4. The summed E-state index contributed by atoms with van der Waals surface area (Å²) in [5.74, 6) is 0.850. The predicted octanol–water partition coefficient (Wildman–Crippen LogP) is 5.63. The molecule has 3 rings (SSSR count). The van der Waals surface area contributed by atoms with Gasteiger partial charge in [-0.25, -0.2) is 0 Å². The van der Waals surface area contributed by atoms with Crippen LogP contribution in [0.2, 0.25) is 10.0 Å². The van der Waals surface area contributed by atoms with E-state index >= 15 is 0 Å². The summed E-state index contributed by atoms with van der Waals surface area (Å²) in [4.78, 5) is 12.1. The van der Waals surface area contributed by atoms with Crippen LogP contribution in [0.3, 0.4) is 0 Å². The van der Waals surface area contributed by atoms with Gasteiger partial charge in [0.1, 0.15) is 5.75 Å². The standard InChI is InChI=1S/C17H11Cl2NO3/c18-11-3-6-13(7-4-11)23-15-8-5-12(19)10-14(15)20-17(21)16-2-1-9-22-16/h1-10H,(H,20,21). The first-order valence-corrected chi connectivity index (χ1v) is 7.45. The quantitative estimate of drug-likeness (QED) is 0.665. The maximum Gasteiger partial charge on any atom is 0.291 e. The van der Waals surface area contributed by atoms with E-state index in [9.17, 15) is 4.79 Å². The van der Waals surface area contributed by atoms with Gasteiger partial charge in [-0.2, -0.15) is 0 Å². The average molecular weight is 348 g/mol. The van der Waals surface area contributed by atoms with Gasteiger partial charge in [0, 0.05) is 10.0 Å². The molecule has 1 heterocycles. The topological polar surface area (TPSA) is 51.5 Å². The highest BCUT2D eigenvalue weighted by Gasteiger charge is 2.13. The minimum Gasteiger partial charge on any atom is -0.459 e. The van der Waals surface area contributed by atoms with Crippen LogP contribution in [0.25, 0.3) is 0 Å². The van der Waals surface area contributed by atoms with Gasteiger partial charge >= 0.3 is 0 Å². The Kier molecular flexibility index (Phi) is 4.55. The maximum absolute atomic E-state index is 12.1. The molecule has 6 heteroatoms. The van der Waals surface area contributed by atoms with Crippen molar-refractivity contribution in [3.8, 4) is 11.5 Å². The van der Waals surface area contributed by atoms with Crippen molar-refractivity contribution >= 4 is 34.8 Å². The lowest BCUT2D eigenvalue weighted by molar-refractivity contribution is 0.0996. The molecule has 23 heavy (non-hydrogen) atoms. The number of amides is 1. The largest absolute Gasteiger partial charge is 0.459 e. The average Bonchev–Trinajstić information content (AvgIpc) is 3.06. The number of hydrogen-bond acceptors (Lipinski definition) is 3. The Morgan fingerprint density at radius 3 is 2.43 bits per heavy atom. The monoisotopic (exact) mass is 347 g/mol. The lowest BCUT2D eigenvalue weighted by Crippen LogP contribution is -2.11. The molecular formula is C17H11Cl2NO3. The summed E-state index contributed by atoms with van der Waals surface area (Å²) in [7, 11) is 0. The third kappa shape index (κ3) is 3.86. The third-order valence-electron chi connectivity index (χ3n) is 2.98. The summed E-state index contributed by atoms with van der Waals surface area (Å²) in [5.41, 5.74) is 0.439. The minimum absolute atomic E-state index is 0.197. The van der Waals surface area contributed by atoms with E-state index in [1.54, 1.807) is 54.6 Å². The molecule has 0 spiro atoms. The third-order valence-corrected chi connectivity index (χ3v) is 3.46. The van der Waals surface area contributed by atoms with Gasteiger partial charge in [-0.05, 0) is 54.6 Å². The number of benzene rings is 2. The highest BCUT2D eigenvalue weighted by Crippen LogP contribution is 2.32. The van der Waals surface area contributed by atoms with Crippen LogP contribution in [0, 0.1) is 0 Å². The van der Waals surface area contributed by atoms with Crippen LogP contribution < -0.4 is 10.1 Å². The van der Waals surface area contributed by atoms with Gasteiger partial charge < -0.3 is 14.5 Å². The summed E-state index contributed by atoms with van der Waals surface area (Å²) in [6.07, 6.45) is 1.43. The van der Waals surface area contributed by atoms with E-state index in [1.807, 2.05) is 0 Å². The first-order valence-electron chi connectivity index (χ1n) is 6.69. The van der Waals surface area contributed by atoms with Crippen LogP contribution in [0.1, 0.15) is 10.6 Å². The van der Waals surface area contributed by atoms with Crippen molar-refractivity contribution in [2.75, 3.05) is 5.32 Å². The molecule has 0 radical (unpaired) electrons. The fourth-order valence-corrected chi connectivity index (χ4v) is 2.21. The van der Waals surface area contributed by atoms with E-state index in [-0.39, 0.29) is 5.76 Å². The van der Waals surface area contributed by atoms with Crippen molar-refractivity contribution in [2.24, 2.45) is 0 Å². The second kappa shape index (κ2) is 6.77. The number of furan rings is 1. The van der Waals surface area contributed by atoms with Gasteiger partial charge in [0.2, 0.25) is 0 Å². The number of carbonyl (C=O) groups excluding carboxylic acids is 1. The summed E-state index contributed by atoms with van der Waals surface area (Å²) < 4.78 is 10.8. The molecule has 1 N–H and O–H groups in total. The van der Waals surface area contributed by atoms with Gasteiger partial charge in [-0.3, -0.25) is 4.79 Å². The Balaban J connectivity index is 1.85. The molecule has 1 amide bonds. The van der Waals surface area contributed by atoms with Crippen molar-refractivity contribution in [3.63, 3.8) is 0 Å². The van der Waals surface area contributed by atoms with Gasteiger partial charge in [0.15, 0.2) is 11.5 Å². The number of hydrogen-bond donors (Lipinski definition) is 1. The lowest BCUT2D eigenvalue weighted by Gasteiger charge is -2.12. The normalized spacial score (nSPS) is 10.3. The molecule has 0 aliphatic carbocycles. The Morgan fingerprint density at radius 2 is 1.74 bits per heavy atom. The number of halogens is 2. The molecule has 0 saturated heterocycles. The summed E-state index contributed by atoms with van der Waals surface area (Å²) in [6, 6.07) is 15.1. The molecule has 0 fully saturated rings. The summed E-state index contributed by atoms with van der Waals surface area (Å²) in [6.45, 7) is 0. The lowest BCUT2D eigenvalue weighted by atomic mass is 10.2. The first kappa shape index (κ1) is 15.5. The maximum atomic E-state index is 12.1. The van der Waals surface area contributed by atoms with Crippen molar-refractivity contribution in [2.45, 2.75) is 0 Å². The van der Waals surface area contributed by atoms with Gasteiger partial charge in [0.25, 0.3) is 5.91 Å². The second-order valence-corrected chi connectivity index (χ2v) is 5.50. The molecule has 0 aliphatic rings. The fourth-order valence-electron chi connectivity index (χ4n) is 1.91. The van der Waals surface area contributed by atoms with Gasteiger partial charge in [-0.15, -0.1) is 0 Å². The zero-order valence-corrected chi connectivity index (χ0v) is 13.3. The number of nitrogens with one attached hydrogen (secondary N) is 1. The van der Waals surface area contributed by atoms with Crippen molar-refractivity contribution in [3.05, 3.63) is 76.7 Å². The van der Waals surface area contributed by atoms with Crippen LogP contribution in [0.4, 0.5) is 5.69 Å². The highest BCUT2D eigenvalue weighted by molar-refractivity contribution is 6.31. The van der Waals surface area contributed by atoms with E-state index in [0.717, 1.165) is 0 Å². The molecule has 4 nitrogen and oxygen atoms in total. The van der Waals surface area contributed by atoms with E-state index in [1.165, 1.54) is 6.26 Å². The van der Waals surface area contributed by atoms with Crippen LogP contribution in [-0.2, 0) is 0 Å². The predicted molar refractivity (Wildman–Crippen MR) is 89.6 cm³/mol. The zero-order valence-electron chi connectivity index (χ0n) is 11.8. The molecule has 1 aromatic heterocycles. The number of anilines is 1. The van der Waals surface area contributed by atoms with E-state index < -0.39 is 5.91 Å². The Hall–Kier alpha value is -2.43. The molecule has 0 saturated carbocycles. The molecule has 116 valence electrons. The van der Waals surface area contributed by atoms with E-state index in [4.69, 9.17) is 32.4 Å². The number of ether oxygens (including phenoxy) is 1. The van der Waals surface area contributed by atoms with E-state index in [0.29, 0.717) is 27.2 Å². The molecule has 0 atom stereocenters. The van der Waals surface area contributed by atoms with Crippen molar-refractivity contribution in [1.29, 1.82) is 0 Å². The molecule has 0 aliphatic heterocycles. The molecule has 0 bridgehead atoms. The fraction of sp³-hybridized carbons (Fsp3) is 0. The highest BCUT2D eigenvalue weighted by atomic mass is 35.5. The second-order valence-electron chi connectivity index (χ2n) is 4.63. The Labute approximate surface area is 142 Å². The number of carbonyl (C=O) groups is 1. The Morgan fingerprint density at radius 1 is 1.00 bits per heavy atom. The van der Waals surface area contributed by atoms with Gasteiger partial charge in [0.05, 0.1) is 12.0 Å². The van der Waals surface area contributed by atoms with Crippen LogP contribution in [0.15, 0.2) is 65.3 Å². The smallest absolute Gasteiger partial charge is 0.291 e. The van der Waals surface area contributed by atoms with Gasteiger partial charge in [-0.1, -0.05) is 23.2 Å². The van der Waals surface area contributed by atoms with Crippen molar-refractivity contribution < 1.29 is 13.9 Å². The van der Waals surface area contributed by atoms with Crippen LogP contribution >= 0.6 is 23.2 Å².